The molecule has 0 fully saturated rings. The molecule has 108 valence electrons. The van der Waals surface area contributed by atoms with E-state index < -0.39 is 0 Å². The van der Waals surface area contributed by atoms with Crippen LogP contribution in [0.2, 0.25) is 0 Å². The van der Waals surface area contributed by atoms with Gasteiger partial charge < -0.3 is 5.32 Å². The molecule has 2 nitrogen and oxygen atoms in total. The maximum absolute atomic E-state index is 13.8. The fraction of sp³-hybridized carbons (Fsp3) is 0.625. The summed E-state index contributed by atoms with van der Waals surface area (Å²) >= 11 is 0. The molecule has 0 saturated heterocycles. The van der Waals surface area contributed by atoms with Gasteiger partial charge in [-0.05, 0) is 26.5 Å². The van der Waals surface area contributed by atoms with Crippen LogP contribution in [0.4, 0.5) is 4.39 Å². The lowest BCUT2D eigenvalue weighted by Crippen LogP contribution is -2.42. The lowest BCUT2D eigenvalue weighted by Gasteiger charge is -2.33. The Labute approximate surface area is 117 Å². The summed E-state index contributed by atoms with van der Waals surface area (Å²) in [4.78, 5) is 2.26. The zero-order valence-electron chi connectivity index (χ0n) is 12.8. The summed E-state index contributed by atoms with van der Waals surface area (Å²) in [6, 6.07) is 8.02. The van der Waals surface area contributed by atoms with Crippen LogP contribution in [-0.4, -0.2) is 30.6 Å². The van der Waals surface area contributed by atoms with Crippen LogP contribution in [0.25, 0.3) is 0 Å². The van der Waals surface area contributed by atoms with Gasteiger partial charge in [0.2, 0.25) is 0 Å². The molecule has 1 aromatic rings. The fourth-order valence-corrected chi connectivity index (χ4v) is 2.30. The topological polar surface area (TPSA) is 15.3 Å². The van der Waals surface area contributed by atoms with Crippen LogP contribution in [0, 0.1) is 5.82 Å². The first-order valence-electron chi connectivity index (χ1n) is 7.17. The van der Waals surface area contributed by atoms with Gasteiger partial charge in [-0.1, -0.05) is 39.0 Å². The largest absolute Gasteiger partial charge is 0.313 e. The van der Waals surface area contributed by atoms with Gasteiger partial charge in [-0.15, -0.1) is 0 Å². The van der Waals surface area contributed by atoms with Gasteiger partial charge in [0.05, 0.1) is 0 Å². The molecule has 0 heterocycles. The number of hydrogen-bond acceptors (Lipinski definition) is 2. The fourth-order valence-electron chi connectivity index (χ4n) is 2.30. The van der Waals surface area contributed by atoms with E-state index in [1.807, 2.05) is 12.1 Å². The second-order valence-corrected chi connectivity index (χ2v) is 5.49. The molecule has 2 atom stereocenters. The molecule has 0 radical (unpaired) electrons. The first-order valence-corrected chi connectivity index (χ1v) is 7.17. The van der Waals surface area contributed by atoms with Crippen molar-refractivity contribution in [3.05, 3.63) is 35.6 Å². The predicted molar refractivity (Wildman–Crippen MR) is 79.8 cm³/mol. The highest BCUT2D eigenvalue weighted by Crippen LogP contribution is 2.24. The number of nitrogens with zero attached hydrogens (tertiary/aromatic N) is 1. The molecule has 1 rings (SSSR count). The number of rotatable bonds is 7. The molecule has 2 unspecified atom stereocenters. The molecule has 1 aromatic carbocycles. The van der Waals surface area contributed by atoms with Crippen LogP contribution in [0.5, 0.6) is 0 Å². The number of benzene rings is 1. The van der Waals surface area contributed by atoms with Crippen molar-refractivity contribution in [2.24, 2.45) is 0 Å². The first-order chi connectivity index (χ1) is 8.97. The lowest BCUT2D eigenvalue weighted by atomic mass is 10.0. The summed E-state index contributed by atoms with van der Waals surface area (Å²) in [7, 11) is 2.08. The minimum atomic E-state index is -0.117. The Morgan fingerprint density at radius 2 is 1.84 bits per heavy atom. The highest BCUT2D eigenvalue weighted by Gasteiger charge is 2.21. The van der Waals surface area contributed by atoms with Crippen molar-refractivity contribution in [3.8, 4) is 0 Å². The molecule has 19 heavy (non-hydrogen) atoms. The average molecular weight is 266 g/mol. The van der Waals surface area contributed by atoms with Crippen molar-refractivity contribution in [3.63, 3.8) is 0 Å². The zero-order chi connectivity index (χ0) is 14.4. The monoisotopic (exact) mass is 266 g/mol. The van der Waals surface area contributed by atoms with Crippen molar-refractivity contribution < 1.29 is 4.39 Å². The Morgan fingerprint density at radius 3 is 2.37 bits per heavy atom. The predicted octanol–water partition coefficient (Wildman–Crippen LogP) is 3.60. The maximum atomic E-state index is 13.8. The van der Waals surface area contributed by atoms with Gasteiger partial charge in [-0.25, -0.2) is 4.39 Å². The van der Waals surface area contributed by atoms with Gasteiger partial charge in [0, 0.05) is 30.2 Å². The third kappa shape index (κ3) is 4.59. The second-order valence-electron chi connectivity index (χ2n) is 5.49. The van der Waals surface area contributed by atoms with E-state index >= 15 is 0 Å². The lowest BCUT2D eigenvalue weighted by molar-refractivity contribution is 0.171. The normalized spacial score (nSPS) is 14.9. The Bertz CT molecular complexity index is 379. The van der Waals surface area contributed by atoms with Gasteiger partial charge in [-0.2, -0.15) is 0 Å². The van der Waals surface area contributed by atoms with E-state index in [0.29, 0.717) is 12.1 Å². The third-order valence-electron chi connectivity index (χ3n) is 3.78. The van der Waals surface area contributed by atoms with E-state index in [9.17, 15) is 4.39 Å². The maximum Gasteiger partial charge on any atom is 0.127 e. The summed E-state index contributed by atoms with van der Waals surface area (Å²) in [5.41, 5.74) is 0.771. The quantitative estimate of drug-likeness (QED) is 0.811. The summed E-state index contributed by atoms with van der Waals surface area (Å²) in [6.45, 7) is 9.47. The van der Waals surface area contributed by atoms with E-state index in [1.54, 1.807) is 6.07 Å². The highest BCUT2D eigenvalue weighted by atomic mass is 19.1. The summed E-state index contributed by atoms with van der Waals surface area (Å²) < 4.78 is 13.8. The molecule has 1 N–H and O–H groups in total. The Morgan fingerprint density at radius 1 is 1.21 bits per heavy atom. The SMILES string of the molecule is CCC(CNC(C)C)N(C)C(C)c1ccccc1F. The molecule has 0 aliphatic carbocycles. The standard InChI is InChI=1S/C16H27FN2/c1-6-14(11-18-12(2)3)19(5)13(4)15-9-7-8-10-16(15)17/h7-10,12-14,18H,6,11H2,1-5H3. The summed E-state index contributed by atoms with van der Waals surface area (Å²) in [5.74, 6) is -0.117. The molecule has 3 heteroatoms. The minimum Gasteiger partial charge on any atom is -0.313 e. The molecule has 0 aromatic heterocycles. The average Bonchev–Trinajstić information content (AvgIpc) is 2.38. The minimum absolute atomic E-state index is 0.0834. The van der Waals surface area contributed by atoms with E-state index in [0.717, 1.165) is 18.5 Å². The smallest absolute Gasteiger partial charge is 0.127 e. The highest BCUT2D eigenvalue weighted by molar-refractivity contribution is 5.20. The van der Waals surface area contributed by atoms with Gasteiger partial charge >= 0.3 is 0 Å². The van der Waals surface area contributed by atoms with Crippen molar-refractivity contribution in [1.29, 1.82) is 0 Å². The zero-order valence-corrected chi connectivity index (χ0v) is 12.8. The van der Waals surface area contributed by atoms with Crippen molar-refractivity contribution >= 4 is 0 Å². The van der Waals surface area contributed by atoms with Gasteiger partial charge in [0.1, 0.15) is 5.82 Å². The van der Waals surface area contributed by atoms with Crippen LogP contribution in [-0.2, 0) is 0 Å². The molecule has 0 amide bonds. The van der Waals surface area contributed by atoms with Crippen LogP contribution in [0.1, 0.15) is 45.7 Å². The molecule has 0 bridgehead atoms. The number of halogens is 1. The Kier molecular flexibility index (Phi) is 6.46. The molecule has 0 aliphatic rings. The van der Waals surface area contributed by atoms with Crippen LogP contribution >= 0.6 is 0 Å². The Hall–Kier alpha value is -0.930. The number of hydrogen-bond donors (Lipinski definition) is 1. The molecule has 0 saturated carbocycles. The van der Waals surface area contributed by atoms with E-state index in [-0.39, 0.29) is 11.9 Å². The van der Waals surface area contributed by atoms with Gasteiger partial charge in [-0.3, -0.25) is 4.90 Å². The van der Waals surface area contributed by atoms with Crippen LogP contribution in [0.15, 0.2) is 24.3 Å². The molecule has 0 spiro atoms. The van der Waals surface area contributed by atoms with Gasteiger partial charge in [0.15, 0.2) is 0 Å². The molecule has 0 aliphatic heterocycles. The van der Waals surface area contributed by atoms with Crippen molar-refractivity contribution in [1.82, 2.24) is 10.2 Å². The van der Waals surface area contributed by atoms with Crippen LogP contribution < -0.4 is 5.32 Å². The third-order valence-corrected chi connectivity index (χ3v) is 3.78. The van der Waals surface area contributed by atoms with E-state index in [2.05, 4.69) is 45.0 Å². The van der Waals surface area contributed by atoms with E-state index in [4.69, 9.17) is 0 Å². The van der Waals surface area contributed by atoms with Crippen molar-refractivity contribution in [2.75, 3.05) is 13.6 Å². The second kappa shape index (κ2) is 7.61. The van der Waals surface area contributed by atoms with Crippen LogP contribution in [0.3, 0.4) is 0 Å². The van der Waals surface area contributed by atoms with Gasteiger partial charge in [0.25, 0.3) is 0 Å². The number of nitrogens with one attached hydrogen (secondary N) is 1. The van der Waals surface area contributed by atoms with E-state index in [1.165, 1.54) is 6.07 Å². The number of likely N-dealkylation sites (N-methyl/N-ethyl adjacent to an activating group) is 1. The summed E-state index contributed by atoms with van der Waals surface area (Å²) in [6.07, 6.45) is 1.05. The van der Waals surface area contributed by atoms with Crippen molar-refractivity contribution in [2.45, 2.75) is 52.2 Å². The molecular weight excluding hydrogens is 239 g/mol. The Balaban J connectivity index is 2.74. The molecular formula is C16H27FN2. The summed E-state index contributed by atoms with van der Waals surface area (Å²) in [5, 5.41) is 3.46. The first kappa shape index (κ1) is 16.1.